The molecule has 0 bridgehead atoms. The van der Waals surface area contributed by atoms with Gasteiger partial charge in [-0.3, -0.25) is 9.13 Å². The lowest BCUT2D eigenvalue weighted by Crippen LogP contribution is -2.09. The molecule has 16 aromatic rings. The first-order chi connectivity index (χ1) is 44.7. The molecule has 0 N–H and O–H groups in total. The molecule has 4 aromatic heterocycles. The van der Waals surface area contributed by atoms with Gasteiger partial charge in [-0.25, -0.2) is 9.97 Å². The predicted molar refractivity (Wildman–Crippen MR) is 375 cm³/mol. The summed E-state index contributed by atoms with van der Waals surface area (Å²) in [5.74, 6) is 1.61. The van der Waals surface area contributed by atoms with E-state index < -0.39 is 0 Å². The fraction of sp³-hybridized carbons (Fsp3) is 0. The Balaban J connectivity index is 0.859. The van der Waals surface area contributed by atoms with E-state index in [1.165, 1.54) is 0 Å². The minimum Gasteiger partial charge on any atom is -0.310 e. The molecule has 0 aliphatic carbocycles. The van der Waals surface area contributed by atoms with Crippen molar-refractivity contribution in [3.05, 3.63) is 352 Å². The highest BCUT2D eigenvalue weighted by Crippen LogP contribution is 2.46. The molecule has 8 nitrogen and oxygen atoms in total. The molecule has 0 aliphatic heterocycles. The number of rotatable bonds is 15. The van der Waals surface area contributed by atoms with Crippen molar-refractivity contribution in [2.24, 2.45) is 0 Å². The summed E-state index contributed by atoms with van der Waals surface area (Å²) in [5, 5.41) is 4.41. The highest BCUT2D eigenvalue weighted by Gasteiger charge is 2.24. The van der Waals surface area contributed by atoms with Crippen molar-refractivity contribution in [2.45, 2.75) is 0 Å². The van der Waals surface area contributed by atoms with Crippen molar-refractivity contribution in [2.75, 3.05) is 19.6 Å². The minimum absolute atomic E-state index is 0.803. The van der Waals surface area contributed by atoms with Gasteiger partial charge in [-0.1, -0.05) is 146 Å². The molecular weight excluding hydrogens is 1100 g/mol. The third-order valence-corrected chi connectivity index (χ3v) is 16.9. The normalized spacial score (nSPS) is 11.3. The van der Waals surface area contributed by atoms with Gasteiger partial charge in [-0.2, -0.15) is 0 Å². The summed E-state index contributed by atoms with van der Waals surface area (Å²) in [4.78, 5) is 19.7. The van der Waals surface area contributed by atoms with Crippen LogP contribution in [0.4, 0.5) is 68.2 Å². The molecule has 0 atom stereocenters. The Morgan fingerprint density at radius 1 is 0.189 bits per heavy atom. The average Bonchev–Trinajstić information content (AvgIpc) is 1.63. The molecule has 0 saturated heterocycles. The summed E-state index contributed by atoms with van der Waals surface area (Å²) in [6.07, 6.45) is 3.87. The van der Waals surface area contributed by atoms with E-state index in [4.69, 9.17) is 9.97 Å². The van der Waals surface area contributed by atoms with Gasteiger partial charge in [0, 0.05) is 102 Å². The van der Waals surface area contributed by atoms with E-state index in [0.717, 1.165) is 135 Å². The van der Waals surface area contributed by atoms with Crippen molar-refractivity contribution in [1.82, 2.24) is 19.1 Å². The number of hydrogen-bond donors (Lipinski definition) is 0. The van der Waals surface area contributed by atoms with E-state index in [1.54, 1.807) is 0 Å². The molecule has 426 valence electrons. The van der Waals surface area contributed by atoms with Crippen LogP contribution < -0.4 is 19.6 Å². The van der Waals surface area contributed by atoms with Gasteiger partial charge < -0.3 is 19.6 Å². The molecule has 0 spiro atoms. The summed E-state index contributed by atoms with van der Waals surface area (Å²) >= 11 is 0. The van der Waals surface area contributed by atoms with Gasteiger partial charge in [-0.15, -0.1) is 0 Å². The number of nitrogens with zero attached hydrogens (tertiary/aromatic N) is 8. The summed E-state index contributed by atoms with van der Waals surface area (Å²) < 4.78 is 4.64. The van der Waals surface area contributed by atoms with Crippen molar-refractivity contribution in [3.8, 4) is 22.8 Å². The maximum atomic E-state index is 5.21. The maximum absolute atomic E-state index is 5.21. The van der Waals surface area contributed by atoms with Crippen molar-refractivity contribution in [3.63, 3.8) is 0 Å². The fourth-order valence-corrected chi connectivity index (χ4v) is 12.9. The minimum atomic E-state index is 0.803. The number of benzene rings is 12. The third-order valence-electron chi connectivity index (χ3n) is 16.9. The second-order valence-corrected chi connectivity index (χ2v) is 22.3. The standard InChI is InChI=1S/C82H58N8/c1-9-25-61(26-10-1)85(62-27-11-2-12-28-62)69-41-45-77-73(55-69)74-56-70(86(63-29-13-3-14-30-63)64-31-15-4-16-32-64)42-46-78(74)89(77)81-53-59(49-51-83-81)60-50-52-84-82(54-60)90-79-47-43-71(87(65-33-17-5-18-34-65)66-35-19-6-20-36-66)57-75(79)76-58-72(44-48-80(76)90)88(67-37-21-7-22-38-67)68-39-23-8-24-40-68/h1-58H. The number of pyridine rings is 2. The Bertz CT molecular complexity index is 4410. The van der Waals surface area contributed by atoms with E-state index in [1.807, 2.05) is 12.4 Å². The smallest absolute Gasteiger partial charge is 0.138 e. The maximum Gasteiger partial charge on any atom is 0.138 e. The van der Waals surface area contributed by atoms with Gasteiger partial charge >= 0.3 is 0 Å². The number of fused-ring (bicyclic) bond motifs is 6. The summed E-state index contributed by atoms with van der Waals surface area (Å²) in [7, 11) is 0. The molecule has 4 heterocycles. The highest BCUT2D eigenvalue weighted by atomic mass is 15.2. The van der Waals surface area contributed by atoms with Crippen LogP contribution in [0.1, 0.15) is 0 Å². The molecule has 0 saturated carbocycles. The van der Waals surface area contributed by atoms with Crippen LogP contribution in [0.25, 0.3) is 66.4 Å². The Morgan fingerprint density at radius 3 is 0.589 bits per heavy atom. The largest absolute Gasteiger partial charge is 0.310 e. The van der Waals surface area contributed by atoms with E-state index in [-0.39, 0.29) is 0 Å². The van der Waals surface area contributed by atoms with Gasteiger partial charge in [0.1, 0.15) is 11.6 Å². The van der Waals surface area contributed by atoms with Gasteiger partial charge in [0.2, 0.25) is 0 Å². The molecule has 0 radical (unpaired) electrons. The third kappa shape index (κ3) is 9.80. The van der Waals surface area contributed by atoms with E-state index >= 15 is 0 Å². The lowest BCUT2D eigenvalue weighted by Gasteiger charge is -2.26. The molecule has 12 aromatic carbocycles. The summed E-state index contributed by atoms with van der Waals surface area (Å²) in [6, 6.07) is 121. The first-order valence-corrected chi connectivity index (χ1v) is 30.4. The summed E-state index contributed by atoms with van der Waals surface area (Å²) in [6.45, 7) is 0. The number of anilines is 12. The average molecular weight is 1160 g/mol. The topological polar surface area (TPSA) is 48.6 Å². The fourth-order valence-electron chi connectivity index (χ4n) is 12.9. The van der Waals surface area contributed by atoms with Crippen LogP contribution in [0, 0.1) is 0 Å². The van der Waals surface area contributed by atoms with Crippen LogP contribution in [-0.2, 0) is 0 Å². The molecule has 0 aliphatic rings. The lowest BCUT2D eigenvalue weighted by molar-refractivity contribution is 1.07. The predicted octanol–water partition coefficient (Wildman–Crippen LogP) is 22.2. The molecular formula is C82H58N8. The van der Waals surface area contributed by atoms with Crippen LogP contribution in [0.3, 0.4) is 0 Å². The lowest BCUT2D eigenvalue weighted by atomic mass is 10.1. The SMILES string of the molecule is c1ccc(N(c2ccccc2)c2ccc3c(c2)c2cc(N(c4ccccc4)c4ccccc4)ccc2n3-c2cc(-c3ccnc(-n4c5ccc(N(c6ccccc6)c6ccccc6)cc5c5cc(N(c6ccccc6)c6ccccc6)ccc54)c3)ccn2)cc1. The Labute approximate surface area is 522 Å². The molecule has 16 rings (SSSR count). The van der Waals surface area contributed by atoms with Crippen LogP contribution >= 0.6 is 0 Å². The van der Waals surface area contributed by atoms with E-state index in [2.05, 4.69) is 368 Å². The highest BCUT2D eigenvalue weighted by molar-refractivity contribution is 6.13. The Kier molecular flexibility index (Phi) is 13.7. The van der Waals surface area contributed by atoms with Gasteiger partial charge in [-0.05, 0) is 205 Å². The first kappa shape index (κ1) is 53.2. The van der Waals surface area contributed by atoms with Gasteiger partial charge in [0.05, 0.1) is 22.1 Å². The number of hydrogen-bond acceptors (Lipinski definition) is 6. The Hall–Kier alpha value is -12.3. The van der Waals surface area contributed by atoms with E-state index in [0.29, 0.717) is 0 Å². The molecule has 0 amide bonds. The van der Waals surface area contributed by atoms with Crippen molar-refractivity contribution < 1.29 is 0 Å². The molecule has 0 unspecified atom stereocenters. The van der Waals surface area contributed by atoms with Gasteiger partial charge in [0.25, 0.3) is 0 Å². The number of aromatic nitrogens is 4. The van der Waals surface area contributed by atoms with E-state index in [9.17, 15) is 0 Å². The van der Waals surface area contributed by atoms with Crippen molar-refractivity contribution >= 4 is 112 Å². The molecule has 8 heteroatoms. The zero-order valence-corrected chi connectivity index (χ0v) is 49.1. The second kappa shape index (κ2) is 23.2. The second-order valence-electron chi connectivity index (χ2n) is 22.3. The summed E-state index contributed by atoms with van der Waals surface area (Å²) in [5.41, 5.74) is 19.0. The van der Waals surface area contributed by atoms with Gasteiger partial charge in [0.15, 0.2) is 0 Å². The Morgan fingerprint density at radius 2 is 0.389 bits per heavy atom. The van der Waals surface area contributed by atoms with Crippen LogP contribution in [0.5, 0.6) is 0 Å². The zero-order valence-electron chi connectivity index (χ0n) is 49.1. The molecule has 90 heavy (non-hydrogen) atoms. The van der Waals surface area contributed by atoms with Crippen molar-refractivity contribution in [1.29, 1.82) is 0 Å². The monoisotopic (exact) mass is 1150 g/mol. The number of para-hydroxylation sites is 8. The zero-order chi connectivity index (χ0) is 59.7. The molecule has 0 fully saturated rings. The quantitative estimate of drug-likeness (QED) is 0.102. The van der Waals surface area contributed by atoms with Crippen LogP contribution in [0.15, 0.2) is 352 Å². The van der Waals surface area contributed by atoms with Crippen LogP contribution in [0.2, 0.25) is 0 Å². The first-order valence-electron chi connectivity index (χ1n) is 30.4. The van der Waals surface area contributed by atoms with Crippen LogP contribution in [-0.4, -0.2) is 19.1 Å².